The highest BCUT2D eigenvalue weighted by Crippen LogP contribution is 2.39. The number of aldehydes is 1. The van der Waals surface area contributed by atoms with Crippen LogP contribution in [-0.2, 0) is 0 Å². The molecular weight excluding hydrogens is 460 g/mol. The summed E-state index contributed by atoms with van der Waals surface area (Å²) in [7, 11) is 1.81. The van der Waals surface area contributed by atoms with Crippen LogP contribution in [0.4, 0.5) is 14.5 Å². The maximum absolute atomic E-state index is 13.6. The third-order valence-corrected chi connectivity index (χ3v) is 6.29. The van der Waals surface area contributed by atoms with Gasteiger partial charge in [-0.05, 0) is 72.3 Å². The maximum Gasteiger partial charge on any atom is 0.154 e. The highest BCUT2D eigenvalue weighted by atomic mass is 19.1. The molecule has 36 heavy (non-hydrogen) atoms. The van der Waals surface area contributed by atoms with Crippen LogP contribution in [0.5, 0.6) is 0 Å². The minimum atomic E-state index is -0.365. The van der Waals surface area contributed by atoms with Gasteiger partial charge in [0, 0.05) is 52.4 Å². The molecule has 0 amide bonds. The van der Waals surface area contributed by atoms with Crippen molar-refractivity contribution in [2.45, 2.75) is 0 Å². The first-order chi connectivity index (χ1) is 17.5. The number of nitrogens with zero attached hydrogens (tertiary/aromatic N) is 1. The molecule has 0 aliphatic carbocycles. The number of H-pyrrole nitrogens is 1. The van der Waals surface area contributed by atoms with Crippen molar-refractivity contribution in [1.29, 1.82) is 0 Å². The van der Waals surface area contributed by atoms with Crippen molar-refractivity contribution in [3.63, 3.8) is 0 Å². The number of pyridine rings is 1. The van der Waals surface area contributed by atoms with E-state index in [4.69, 9.17) is 4.42 Å². The van der Waals surface area contributed by atoms with Gasteiger partial charge in [-0.15, -0.1) is 0 Å². The lowest BCUT2D eigenvalue weighted by molar-refractivity contribution is 0.112. The van der Waals surface area contributed by atoms with Crippen molar-refractivity contribution in [2.24, 2.45) is 0 Å². The molecule has 7 heteroatoms. The van der Waals surface area contributed by atoms with Gasteiger partial charge in [-0.25, -0.2) is 8.78 Å². The highest BCUT2D eigenvalue weighted by molar-refractivity contribution is 6.06. The first-order valence-electron chi connectivity index (χ1n) is 11.3. The van der Waals surface area contributed by atoms with Crippen LogP contribution in [0.25, 0.3) is 55.7 Å². The van der Waals surface area contributed by atoms with E-state index in [1.807, 2.05) is 37.4 Å². The van der Waals surface area contributed by atoms with Gasteiger partial charge in [-0.3, -0.25) is 9.78 Å². The van der Waals surface area contributed by atoms with Gasteiger partial charge in [0.1, 0.15) is 23.0 Å². The molecule has 0 aliphatic heterocycles. The van der Waals surface area contributed by atoms with Crippen LogP contribution in [0, 0.1) is 11.6 Å². The number of furan rings is 1. The molecule has 0 fully saturated rings. The summed E-state index contributed by atoms with van der Waals surface area (Å²) in [6.07, 6.45) is 2.47. The van der Waals surface area contributed by atoms with E-state index in [0.29, 0.717) is 33.6 Å². The number of fused-ring (bicyclic) bond motifs is 2. The number of rotatable bonds is 5. The minimum absolute atomic E-state index is 0.298. The zero-order valence-electron chi connectivity index (χ0n) is 19.1. The van der Waals surface area contributed by atoms with Gasteiger partial charge >= 0.3 is 0 Å². The molecule has 0 radical (unpaired) electrons. The number of benzene rings is 3. The Morgan fingerprint density at radius 1 is 0.917 bits per heavy atom. The predicted octanol–water partition coefficient (Wildman–Crippen LogP) is 7.44. The monoisotopic (exact) mass is 479 g/mol. The lowest BCUT2D eigenvalue weighted by atomic mass is 9.99. The first kappa shape index (κ1) is 21.7. The summed E-state index contributed by atoms with van der Waals surface area (Å²) in [4.78, 5) is 19.9. The van der Waals surface area contributed by atoms with E-state index in [0.717, 1.165) is 39.7 Å². The van der Waals surface area contributed by atoms with E-state index in [-0.39, 0.29) is 11.6 Å². The molecule has 2 N–H and O–H groups in total. The molecule has 6 aromatic rings. The third-order valence-electron chi connectivity index (χ3n) is 6.29. The van der Waals surface area contributed by atoms with Gasteiger partial charge in [0.05, 0.1) is 17.0 Å². The van der Waals surface area contributed by atoms with Gasteiger partial charge < -0.3 is 14.7 Å². The van der Waals surface area contributed by atoms with Crippen molar-refractivity contribution in [2.75, 3.05) is 12.4 Å². The molecule has 5 nitrogen and oxygen atoms in total. The molecule has 0 unspecified atom stereocenters. The fraction of sp³-hybridized carbons (Fsp3) is 0.0345. The zero-order valence-corrected chi connectivity index (χ0v) is 19.1. The van der Waals surface area contributed by atoms with Crippen LogP contribution in [0.3, 0.4) is 0 Å². The van der Waals surface area contributed by atoms with Crippen molar-refractivity contribution in [3.05, 3.63) is 96.2 Å². The average molecular weight is 479 g/mol. The first-order valence-corrected chi connectivity index (χ1v) is 11.3. The van der Waals surface area contributed by atoms with E-state index in [1.165, 1.54) is 24.3 Å². The zero-order chi connectivity index (χ0) is 24.8. The van der Waals surface area contributed by atoms with Crippen molar-refractivity contribution < 1.29 is 18.0 Å². The van der Waals surface area contributed by atoms with Gasteiger partial charge in [-0.1, -0.05) is 0 Å². The van der Waals surface area contributed by atoms with E-state index in [2.05, 4.69) is 15.3 Å². The summed E-state index contributed by atoms with van der Waals surface area (Å²) in [5.41, 5.74) is 6.35. The van der Waals surface area contributed by atoms with Crippen LogP contribution in [-0.4, -0.2) is 23.3 Å². The Kier molecular flexibility index (Phi) is 5.11. The van der Waals surface area contributed by atoms with Crippen LogP contribution in [0.2, 0.25) is 0 Å². The second-order valence-corrected chi connectivity index (χ2v) is 8.46. The van der Waals surface area contributed by atoms with Crippen molar-refractivity contribution in [3.8, 4) is 33.8 Å². The van der Waals surface area contributed by atoms with E-state index >= 15 is 0 Å². The summed E-state index contributed by atoms with van der Waals surface area (Å²) < 4.78 is 33.1. The molecule has 0 saturated heterocycles. The molecule has 3 heterocycles. The van der Waals surface area contributed by atoms with Crippen LogP contribution in [0.15, 0.2) is 83.4 Å². The van der Waals surface area contributed by atoms with Crippen LogP contribution in [0.1, 0.15) is 10.4 Å². The average Bonchev–Trinajstić information content (AvgIpc) is 3.49. The maximum atomic E-state index is 13.6. The van der Waals surface area contributed by atoms with Crippen molar-refractivity contribution in [1.82, 2.24) is 9.97 Å². The molecule has 0 saturated carbocycles. The summed E-state index contributed by atoms with van der Waals surface area (Å²) in [5, 5.41) is 4.61. The highest BCUT2D eigenvalue weighted by Gasteiger charge is 2.19. The lowest BCUT2D eigenvalue weighted by Crippen LogP contribution is -1.93. The van der Waals surface area contributed by atoms with E-state index < -0.39 is 0 Å². The molecule has 3 aromatic heterocycles. The second-order valence-electron chi connectivity index (χ2n) is 8.46. The molecule has 176 valence electrons. The SMILES string of the molecule is CNc1cc2oc(-c3ccc(F)cc3)c(C=O)c2cc1-c1ccnc(-c2cc3cc(F)ccc3[nH]2)c1. The molecule has 6 rings (SSSR count). The Hall–Kier alpha value is -4.78. The topological polar surface area (TPSA) is 70.9 Å². The fourth-order valence-electron chi connectivity index (χ4n) is 4.53. The number of hydrogen-bond acceptors (Lipinski definition) is 4. The molecular formula is C29H19F2N3O2. The summed E-state index contributed by atoms with van der Waals surface area (Å²) in [5.74, 6) is -0.274. The second kappa shape index (κ2) is 8.46. The summed E-state index contributed by atoms with van der Waals surface area (Å²) in [6.45, 7) is 0. The Balaban J connectivity index is 1.49. The third kappa shape index (κ3) is 3.62. The van der Waals surface area contributed by atoms with Crippen LogP contribution >= 0.6 is 0 Å². The Bertz CT molecular complexity index is 1770. The van der Waals surface area contributed by atoms with Crippen LogP contribution < -0.4 is 5.32 Å². The Labute approximate surface area is 204 Å². The number of halogens is 2. The molecule has 0 bridgehead atoms. The van der Waals surface area contributed by atoms with Gasteiger partial charge in [0.15, 0.2) is 6.29 Å². The smallest absolute Gasteiger partial charge is 0.154 e. The number of anilines is 1. The molecule has 3 aromatic carbocycles. The Morgan fingerprint density at radius 2 is 1.72 bits per heavy atom. The number of carbonyl (C=O) groups is 1. The fourth-order valence-corrected chi connectivity index (χ4v) is 4.53. The molecule has 0 spiro atoms. The number of hydrogen-bond donors (Lipinski definition) is 2. The molecule has 0 atom stereocenters. The van der Waals surface area contributed by atoms with Gasteiger partial charge in [0.2, 0.25) is 0 Å². The quantitative estimate of drug-likeness (QED) is 0.252. The molecule has 0 aliphatic rings. The summed E-state index contributed by atoms with van der Waals surface area (Å²) in [6, 6.07) is 19.9. The van der Waals surface area contributed by atoms with Gasteiger partial charge in [0.25, 0.3) is 0 Å². The standard InChI is InChI=1S/C29H19F2N3O2/c1-32-25-14-28-22(23(15-35)29(36-28)16-2-4-19(30)5-3-16)13-21(25)17-8-9-33-26(11-17)27-12-18-10-20(31)6-7-24(18)34-27/h2-15,32,34H,1H3. The lowest BCUT2D eigenvalue weighted by Gasteiger charge is -2.10. The normalized spacial score (nSPS) is 11.3. The number of aromatic nitrogens is 2. The number of nitrogens with one attached hydrogen (secondary N) is 2. The van der Waals surface area contributed by atoms with Gasteiger partial charge in [-0.2, -0.15) is 0 Å². The number of aromatic amines is 1. The largest absolute Gasteiger partial charge is 0.455 e. The minimum Gasteiger partial charge on any atom is -0.455 e. The number of carbonyl (C=O) groups excluding carboxylic acids is 1. The van der Waals surface area contributed by atoms with E-state index in [1.54, 1.807) is 24.4 Å². The van der Waals surface area contributed by atoms with E-state index in [9.17, 15) is 13.6 Å². The van der Waals surface area contributed by atoms with Crippen molar-refractivity contribution >= 4 is 33.8 Å². The summed E-state index contributed by atoms with van der Waals surface area (Å²) >= 11 is 0. The Morgan fingerprint density at radius 3 is 2.50 bits per heavy atom. The predicted molar refractivity (Wildman–Crippen MR) is 137 cm³/mol.